The van der Waals surface area contributed by atoms with Gasteiger partial charge in [0.15, 0.2) is 0 Å². The number of amides is 1. The van der Waals surface area contributed by atoms with Crippen molar-refractivity contribution in [3.05, 3.63) is 144 Å². The molecule has 1 amide bonds. The van der Waals surface area contributed by atoms with E-state index in [1.165, 1.54) is 10.9 Å². The fourth-order valence-corrected chi connectivity index (χ4v) is 6.12. The zero-order valence-corrected chi connectivity index (χ0v) is 21.6. The van der Waals surface area contributed by atoms with E-state index in [0.29, 0.717) is 13.1 Å². The second-order valence-corrected chi connectivity index (χ2v) is 10.4. The summed E-state index contributed by atoms with van der Waals surface area (Å²) in [5.74, 6) is 0.126. The highest BCUT2D eigenvalue weighted by atomic mass is 16.2. The first kappa shape index (κ1) is 23.5. The Morgan fingerprint density at radius 2 is 1.13 bits per heavy atom. The first-order valence-corrected chi connectivity index (χ1v) is 13.5. The van der Waals surface area contributed by atoms with E-state index in [-0.39, 0.29) is 11.9 Å². The molecule has 0 bridgehead atoms. The van der Waals surface area contributed by atoms with Crippen molar-refractivity contribution in [2.45, 2.75) is 25.2 Å². The minimum absolute atomic E-state index is 0.0981. The Bertz CT molecular complexity index is 1740. The van der Waals surface area contributed by atoms with Crippen LogP contribution in [0.2, 0.25) is 0 Å². The number of rotatable bonds is 6. The summed E-state index contributed by atoms with van der Waals surface area (Å²) in [6, 6.07) is 36.9. The number of hydrogen-bond acceptors (Lipinski definition) is 2. The Balaban J connectivity index is 1.37. The third kappa shape index (κ3) is 4.31. The number of hydrogen-bond donors (Lipinski definition) is 2. The van der Waals surface area contributed by atoms with E-state index in [1.54, 1.807) is 0 Å². The van der Waals surface area contributed by atoms with Crippen LogP contribution in [0.15, 0.2) is 122 Å². The van der Waals surface area contributed by atoms with Gasteiger partial charge in [-0.15, -0.1) is 0 Å². The van der Waals surface area contributed by atoms with Crippen LogP contribution in [0.1, 0.15) is 34.3 Å². The number of piperazine rings is 1. The molecule has 1 fully saturated rings. The molecule has 2 atom stereocenters. The van der Waals surface area contributed by atoms with E-state index in [4.69, 9.17) is 0 Å². The summed E-state index contributed by atoms with van der Waals surface area (Å²) in [5.41, 5.74) is 6.66. The molecule has 5 nitrogen and oxygen atoms in total. The first-order valence-electron chi connectivity index (χ1n) is 13.5. The molecule has 0 spiro atoms. The van der Waals surface area contributed by atoms with Gasteiger partial charge in [0.2, 0.25) is 5.91 Å². The number of carbonyl (C=O) groups is 1. The second-order valence-electron chi connectivity index (χ2n) is 10.4. The molecule has 0 saturated carbocycles. The molecular weight excluding hydrogens is 480 g/mol. The fraction of sp³-hybridized carbons (Fsp3) is 0.147. The number of aromatic amines is 2. The third-order valence-electron chi connectivity index (χ3n) is 7.99. The van der Waals surface area contributed by atoms with Gasteiger partial charge < -0.3 is 14.9 Å². The van der Waals surface area contributed by atoms with Crippen LogP contribution in [-0.2, 0) is 17.9 Å². The molecule has 7 rings (SSSR count). The van der Waals surface area contributed by atoms with Crippen molar-refractivity contribution in [1.82, 2.24) is 19.8 Å². The minimum Gasteiger partial charge on any atom is -0.361 e. The van der Waals surface area contributed by atoms with E-state index in [2.05, 4.69) is 92.7 Å². The van der Waals surface area contributed by atoms with E-state index in [0.717, 1.165) is 39.7 Å². The van der Waals surface area contributed by atoms with Gasteiger partial charge in [0.1, 0.15) is 6.04 Å². The van der Waals surface area contributed by atoms with Gasteiger partial charge >= 0.3 is 0 Å². The molecule has 3 heterocycles. The van der Waals surface area contributed by atoms with Gasteiger partial charge in [-0.05, 0) is 23.3 Å². The topological polar surface area (TPSA) is 55.1 Å². The Kier molecular flexibility index (Phi) is 5.99. The molecule has 6 aromatic rings. The fourth-order valence-electron chi connectivity index (χ4n) is 6.12. The van der Waals surface area contributed by atoms with Crippen LogP contribution < -0.4 is 0 Å². The van der Waals surface area contributed by atoms with Crippen molar-refractivity contribution >= 4 is 27.7 Å². The molecule has 4 aromatic carbocycles. The highest BCUT2D eigenvalue weighted by Gasteiger charge is 2.43. The van der Waals surface area contributed by atoms with Crippen LogP contribution in [0.3, 0.4) is 0 Å². The van der Waals surface area contributed by atoms with Gasteiger partial charge in [-0.2, -0.15) is 0 Å². The van der Waals surface area contributed by atoms with Gasteiger partial charge in [0.25, 0.3) is 0 Å². The van der Waals surface area contributed by atoms with Crippen molar-refractivity contribution in [2.75, 3.05) is 6.54 Å². The lowest BCUT2D eigenvalue weighted by atomic mass is 9.93. The number of benzene rings is 4. The molecule has 1 saturated heterocycles. The Labute approximate surface area is 227 Å². The first-order chi connectivity index (χ1) is 19.3. The number of para-hydroxylation sites is 2. The monoisotopic (exact) mass is 510 g/mol. The molecular formula is C34H30N4O. The smallest absolute Gasteiger partial charge is 0.245 e. The van der Waals surface area contributed by atoms with E-state index >= 15 is 0 Å². The molecule has 2 aromatic heterocycles. The van der Waals surface area contributed by atoms with Crippen molar-refractivity contribution in [3.8, 4) is 0 Å². The van der Waals surface area contributed by atoms with Crippen LogP contribution in [0.25, 0.3) is 21.8 Å². The normalized spacial score (nSPS) is 18.3. The Hall–Kier alpha value is -4.61. The Morgan fingerprint density at radius 3 is 1.77 bits per heavy atom. The van der Waals surface area contributed by atoms with Crippen LogP contribution in [0.4, 0.5) is 0 Å². The molecule has 0 radical (unpaired) electrons. The van der Waals surface area contributed by atoms with E-state index in [1.807, 2.05) is 48.7 Å². The lowest BCUT2D eigenvalue weighted by Crippen LogP contribution is -2.53. The maximum absolute atomic E-state index is 14.8. The highest BCUT2D eigenvalue weighted by Crippen LogP contribution is 2.41. The van der Waals surface area contributed by atoms with Crippen molar-refractivity contribution < 1.29 is 4.79 Å². The summed E-state index contributed by atoms with van der Waals surface area (Å²) in [6.45, 7) is 1.97. The van der Waals surface area contributed by atoms with Crippen LogP contribution in [0, 0.1) is 0 Å². The van der Waals surface area contributed by atoms with Gasteiger partial charge in [-0.1, -0.05) is 97.1 Å². The van der Waals surface area contributed by atoms with Crippen LogP contribution in [-0.4, -0.2) is 32.2 Å². The molecule has 192 valence electrons. The van der Waals surface area contributed by atoms with Gasteiger partial charge in [0.05, 0.1) is 6.04 Å². The maximum Gasteiger partial charge on any atom is 0.245 e. The van der Waals surface area contributed by atoms with Crippen molar-refractivity contribution in [1.29, 1.82) is 0 Å². The summed E-state index contributed by atoms with van der Waals surface area (Å²) in [4.78, 5) is 26.1. The lowest BCUT2D eigenvalue weighted by molar-refractivity contribution is -0.148. The SMILES string of the molecule is O=C1C(c2c[nH]c3ccccc23)N(Cc2ccccc2)CC(c2c[nH]c3ccccc23)N1Cc1ccccc1. The number of H-pyrrole nitrogens is 2. The largest absolute Gasteiger partial charge is 0.361 e. The number of fused-ring (bicyclic) bond motifs is 2. The second kappa shape index (κ2) is 9.93. The predicted octanol–water partition coefficient (Wildman–Crippen LogP) is 6.98. The highest BCUT2D eigenvalue weighted by molar-refractivity contribution is 5.93. The number of carbonyl (C=O) groups excluding carboxylic acids is 1. The predicted molar refractivity (Wildman–Crippen MR) is 156 cm³/mol. The van der Waals surface area contributed by atoms with Crippen LogP contribution in [0.5, 0.6) is 0 Å². The van der Waals surface area contributed by atoms with Crippen LogP contribution >= 0.6 is 0 Å². The zero-order chi connectivity index (χ0) is 26.2. The number of nitrogens with one attached hydrogen (secondary N) is 2. The minimum atomic E-state index is -0.397. The van der Waals surface area contributed by atoms with Gasteiger partial charge in [0, 0.05) is 65.0 Å². The average molecular weight is 511 g/mol. The van der Waals surface area contributed by atoms with Crippen molar-refractivity contribution in [3.63, 3.8) is 0 Å². The van der Waals surface area contributed by atoms with E-state index in [9.17, 15) is 4.79 Å². The summed E-state index contributed by atoms with van der Waals surface area (Å²) < 4.78 is 0. The summed E-state index contributed by atoms with van der Waals surface area (Å²) in [7, 11) is 0. The van der Waals surface area contributed by atoms with E-state index < -0.39 is 6.04 Å². The number of nitrogens with zero attached hydrogens (tertiary/aromatic N) is 2. The molecule has 2 N–H and O–H groups in total. The molecule has 0 aliphatic carbocycles. The van der Waals surface area contributed by atoms with Gasteiger partial charge in [-0.25, -0.2) is 0 Å². The summed E-state index contributed by atoms with van der Waals surface area (Å²) in [6.07, 6.45) is 4.12. The Morgan fingerprint density at radius 1 is 0.615 bits per heavy atom. The molecule has 2 unspecified atom stereocenters. The standard InChI is InChI=1S/C34H30N4O/c39-34-33(29-20-36-31-18-10-8-16-27(29)31)37(21-24-11-3-1-4-12-24)23-32(38(34)22-25-13-5-2-6-14-25)28-19-35-30-17-9-7-15-26(28)30/h1-20,32-33,35-36H,21-23H2. The van der Waals surface area contributed by atoms with Crippen molar-refractivity contribution in [2.24, 2.45) is 0 Å². The lowest BCUT2D eigenvalue weighted by Gasteiger charge is -2.46. The number of aromatic nitrogens is 2. The molecule has 1 aliphatic rings. The zero-order valence-electron chi connectivity index (χ0n) is 21.6. The molecule has 39 heavy (non-hydrogen) atoms. The average Bonchev–Trinajstić information content (AvgIpc) is 3.60. The third-order valence-corrected chi connectivity index (χ3v) is 7.99. The van der Waals surface area contributed by atoms with Gasteiger partial charge in [-0.3, -0.25) is 9.69 Å². The maximum atomic E-state index is 14.8. The summed E-state index contributed by atoms with van der Waals surface area (Å²) >= 11 is 0. The molecule has 1 aliphatic heterocycles. The summed E-state index contributed by atoms with van der Waals surface area (Å²) in [5, 5.41) is 2.26. The molecule has 5 heteroatoms. The quantitative estimate of drug-likeness (QED) is 0.254.